The van der Waals surface area contributed by atoms with Crippen molar-refractivity contribution in [3.63, 3.8) is 0 Å². The maximum absolute atomic E-state index is 11.8. The van der Waals surface area contributed by atoms with E-state index in [1.54, 1.807) is 0 Å². The highest BCUT2D eigenvalue weighted by Gasteiger charge is 2.10. The highest BCUT2D eigenvalue weighted by atomic mass is 16.4. The van der Waals surface area contributed by atoms with Gasteiger partial charge in [0, 0.05) is 17.3 Å². The van der Waals surface area contributed by atoms with E-state index in [0.29, 0.717) is 22.8 Å². The number of carbonyl (C=O) groups excluding carboxylic acids is 1. The van der Waals surface area contributed by atoms with Crippen molar-refractivity contribution >= 4 is 34.4 Å². The van der Waals surface area contributed by atoms with Crippen molar-refractivity contribution in [2.45, 2.75) is 27.2 Å². The summed E-state index contributed by atoms with van der Waals surface area (Å²) >= 11 is 0. The van der Waals surface area contributed by atoms with Crippen molar-refractivity contribution < 1.29 is 9.21 Å². The molecule has 0 fully saturated rings. The smallest absolute Gasteiger partial charge is 0.300 e. The summed E-state index contributed by atoms with van der Waals surface area (Å²) in [5.41, 5.74) is 4.29. The molecule has 5 heteroatoms. The van der Waals surface area contributed by atoms with E-state index in [4.69, 9.17) is 4.42 Å². The lowest BCUT2D eigenvalue weighted by atomic mass is 10.1. The molecule has 0 atom stereocenters. The quantitative estimate of drug-likeness (QED) is 0.712. The van der Waals surface area contributed by atoms with Gasteiger partial charge in [-0.2, -0.15) is 4.98 Å². The third kappa shape index (κ3) is 3.56. The topological polar surface area (TPSA) is 67.2 Å². The standard InChI is InChI=1S/C19H21N3O2/c1-4-13-5-7-14(8-6-13)21-19-22-16-11-15(9-10-17(16)24-19)20-18(23)12(2)3/h5-12H,4H2,1-3H3,(H,20,23)(H,21,22). The lowest BCUT2D eigenvalue weighted by molar-refractivity contribution is -0.118. The molecule has 0 aliphatic rings. The number of nitrogens with zero attached hydrogens (tertiary/aromatic N) is 1. The maximum Gasteiger partial charge on any atom is 0.300 e. The van der Waals surface area contributed by atoms with E-state index in [-0.39, 0.29) is 11.8 Å². The third-order valence-corrected chi connectivity index (χ3v) is 3.79. The fourth-order valence-electron chi connectivity index (χ4n) is 2.29. The van der Waals surface area contributed by atoms with Crippen LogP contribution in [0, 0.1) is 5.92 Å². The molecule has 0 aliphatic heterocycles. The van der Waals surface area contributed by atoms with Crippen molar-refractivity contribution in [1.82, 2.24) is 4.98 Å². The molecule has 0 saturated carbocycles. The summed E-state index contributed by atoms with van der Waals surface area (Å²) in [6.45, 7) is 5.84. The zero-order chi connectivity index (χ0) is 17.1. The van der Waals surface area contributed by atoms with E-state index in [9.17, 15) is 4.79 Å². The van der Waals surface area contributed by atoms with Gasteiger partial charge in [0.2, 0.25) is 5.91 Å². The van der Waals surface area contributed by atoms with E-state index in [2.05, 4.69) is 34.7 Å². The molecule has 3 rings (SSSR count). The van der Waals surface area contributed by atoms with Crippen molar-refractivity contribution in [2.24, 2.45) is 5.92 Å². The van der Waals surface area contributed by atoms with Gasteiger partial charge in [0.25, 0.3) is 6.01 Å². The van der Waals surface area contributed by atoms with Crippen LogP contribution in [0.5, 0.6) is 0 Å². The van der Waals surface area contributed by atoms with Gasteiger partial charge in [-0.25, -0.2) is 0 Å². The van der Waals surface area contributed by atoms with Gasteiger partial charge in [0.1, 0.15) is 5.52 Å². The van der Waals surface area contributed by atoms with E-state index in [1.165, 1.54) is 5.56 Å². The second kappa shape index (κ2) is 6.74. The van der Waals surface area contributed by atoms with Gasteiger partial charge >= 0.3 is 0 Å². The molecular formula is C19H21N3O2. The summed E-state index contributed by atoms with van der Waals surface area (Å²) in [7, 11) is 0. The van der Waals surface area contributed by atoms with Crippen LogP contribution in [-0.2, 0) is 11.2 Å². The fraction of sp³-hybridized carbons (Fsp3) is 0.263. The summed E-state index contributed by atoms with van der Waals surface area (Å²) in [4.78, 5) is 16.2. The molecule has 0 unspecified atom stereocenters. The Hall–Kier alpha value is -2.82. The minimum atomic E-state index is -0.0682. The first-order valence-corrected chi connectivity index (χ1v) is 8.12. The molecule has 1 heterocycles. The molecule has 0 bridgehead atoms. The Kier molecular flexibility index (Phi) is 4.51. The summed E-state index contributed by atoms with van der Waals surface area (Å²) in [5.74, 6) is -0.0893. The predicted molar refractivity (Wildman–Crippen MR) is 96.6 cm³/mol. The molecular weight excluding hydrogens is 302 g/mol. The Morgan fingerprint density at radius 3 is 2.50 bits per heavy atom. The first kappa shape index (κ1) is 16.1. The Bertz CT molecular complexity index is 851. The summed E-state index contributed by atoms with van der Waals surface area (Å²) in [6.07, 6.45) is 1.01. The molecule has 5 nitrogen and oxygen atoms in total. The molecule has 3 aromatic rings. The van der Waals surface area contributed by atoms with Crippen molar-refractivity contribution in [3.05, 3.63) is 48.0 Å². The highest BCUT2D eigenvalue weighted by Crippen LogP contribution is 2.25. The highest BCUT2D eigenvalue weighted by molar-refractivity contribution is 5.94. The Morgan fingerprint density at radius 2 is 1.83 bits per heavy atom. The third-order valence-electron chi connectivity index (χ3n) is 3.79. The van der Waals surface area contributed by atoms with E-state index >= 15 is 0 Å². The summed E-state index contributed by atoms with van der Waals surface area (Å²) in [6, 6.07) is 14.0. The van der Waals surface area contributed by atoms with Crippen LogP contribution in [0.15, 0.2) is 46.9 Å². The Morgan fingerprint density at radius 1 is 1.12 bits per heavy atom. The lowest BCUT2D eigenvalue weighted by Gasteiger charge is -2.06. The molecule has 2 aromatic carbocycles. The molecule has 1 aromatic heterocycles. The van der Waals surface area contributed by atoms with Crippen LogP contribution < -0.4 is 10.6 Å². The molecule has 2 N–H and O–H groups in total. The van der Waals surface area contributed by atoms with Crippen molar-refractivity contribution in [2.75, 3.05) is 10.6 Å². The molecule has 0 spiro atoms. The van der Waals surface area contributed by atoms with Crippen molar-refractivity contribution in [1.29, 1.82) is 0 Å². The number of hydrogen-bond acceptors (Lipinski definition) is 4. The molecule has 124 valence electrons. The summed E-state index contributed by atoms with van der Waals surface area (Å²) in [5, 5.41) is 6.02. The second-order valence-electron chi connectivity index (χ2n) is 6.02. The second-order valence-corrected chi connectivity index (χ2v) is 6.02. The fourth-order valence-corrected chi connectivity index (χ4v) is 2.29. The number of fused-ring (bicyclic) bond motifs is 1. The molecule has 1 amide bonds. The molecule has 0 radical (unpaired) electrons. The number of rotatable bonds is 5. The van der Waals surface area contributed by atoms with Crippen LogP contribution in [0.25, 0.3) is 11.1 Å². The number of nitrogens with one attached hydrogen (secondary N) is 2. The SMILES string of the molecule is CCc1ccc(Nc2nc3cc(NC(=O)C(C)C)ccc3o2)cc1. The van der Waals surface area contributed by atoms with Gasteiger partial charge in [-0.1, -0.05) is 32.9 Å². The average Bonchev–Trinajstić information content (AvgIpc) is 2.97. The number of aromatic nitrogens is 1. The molecule has 0 saturated heterocycles. The van der Waals surface area contributed by atoms with Crippen LogP contribution >= 0.6 is 0 Å². The van der Waals surface area contributed by atoms with Gasteiger partial charge in [-0.05, 0) is 42.3 Å². The minimum absolute atomic E-state index is 0.0211. The average molecular weight is 323 g/mol. The normalized spacial score (nSPS) is 11.0. The largest absolute Gasteiger partial charge is 0.423 e. The zero-order valence-corrected chi connectivity index (χ0v) is 14.1. The predicted octanol–water partition coefficient (Wildman–Crippen LogP) is 4.73. The van der Waals surface area contributed by atoms with Gasteiger partial charge in [0.15, 0.2) is 5.58 Å². The zero-order valence-electron chi connectivity index (χ0n) is 14.1. The van der Waals surface area contributed by atoms with Crippen LogP contribution in [-0.4, -0.2) is 10.9 Å². The Balaban J connectivity index is 1.78. The van der Waals surface area contributed by atoms with Gasteiger partial charge < -0.3 is 15.1 Å². The first-order valence-electron chi connectivity index (χ1n) is 8.12. The number of benzene rings is 2. The number of amides is 1. The van der Waals surface area contributed by atoms with E-state index < -0.39 is 0 Å². The van der Waals surface area contributed by atoms with Crippen LogP contribution in [0.2, 0.25) is 0 Å². The first-order chi connectivity index (χ1) is 11.5. The monoisotopic (exact) mass is 323 g/mol. The maximum atomic E-state index is 11.8. The number of oxazole rings is 1. The number of hydrogen-bond donors (Lipinski definition) is 2. The minimum Gasteiger partial charge on any atom is -0.423 e. The van der Waals surface area contributed by atoms with Crippen LogP contribution in [0.4, 0.5) is 17.4 Å². The van der Waals surface area contributed by atoms with E-state index in [1.807, 2.05) is 44.2 Å². The number of anilines is 3. The van der Waals surface area contributed by atoms with E-state index in [0.717, 1.165) is 12.1 Å². The van der Waals surface area contributed by atoms with Crippen molar-refractivity contribution in [3.8, 4) is 0 Å². The Labute approximate surface area is 141 Å². The van der Waals surface area contributed by atoms with Crippen LogP contribution in [0.3, 0.4) is 0 Å². The van der Waals surface area contributed by atoms with Crippen LogP contribution in [0.1, 0.15) is 26.3 Å². The molecule has 24 heavy (non-hydrogen) atoms. The number of aryl methyl sites for hydroxylation is 1. The van der Waals surface area contributed by atoms with Gasteiger partial charge in [-0.3, -0.25) is 4.79 Å². The summed E-state index contributed by atoms with van der Waals surface area (Å²) < 4.78 is 5.70. The lowest BCUT2D eigenvalue weighted by Crippen LogP contribution is -2.17. The molecule has 0 aliphatic carbocycles. The van der Waals surface area contributed by atoms with Gasteiger partial charge in [0.05, 0.1) is 0 Å². The number of carbonyl (C=O) groups is 1. The van der Waals surface area contributed by atoms with Gasteiger partial charge in [-0.15, -0.1) is 0 Å².